The van der Waals surface area contributed by atoms with E-state index in [1.165, 1.54) is 13.8 Å². The third-order valence-corrected chi connectivity index (χ3v) is 3.61. The summed E-state index contributed by atoms with van der Waals surface area (Å²) >= 11 is 3.34. The van der Waals surface area contributed by atoms with E-state index in [4.69, 9.17) is 9.84 Å². The number of halogens is 1. The summed E-state index contributed by atoms with van der Waals surface area (Å²) in [6.45, 7) is 4.52. The maximum atomic E-state index is 12.0. The molecule has 0 fully saturated rings. The van der Waals surface area contributed by atoms with Gasteiger partial charge in [-0.2, -0.15) is 0 Å². The fourth-order valence-electron chi connectivity index (χ4n) is 1.59. The quantitative estimate of drug-likeness (QED) is 0.806. The van der Waals surface area contributed by atoms with Crippen LogP contribution in [0, 0.1) is 5.41 Å². The van der Waals surface area contributed by atoms with Gasteiger partial charge in [-0.1, -0.05) is 22.0 Å². The largest absolute Gasteiger partial charge is 0.496 e. The monoisotopic (exact) mass is 343 g/mol. The lowest BCUT2D eigenvalue weighted by molar-refractivity contribution is -0.153. The van der Waals surface area contributed by atoms with Crippen LogP contribution in [0.3, 0.4) is 0 Å². The minimum Gasteiger partial charge on any atom is -0.496 e. The van der Waals surface area contributed by atoms with Crippen molar-refractivity contribution in [1.82, 2.24) is 5.32 Å². The number of hydrogen-bond donors (Lipinski definition) is 2. The van der Waals surface area contributed by atoms with E-state index in [-0.39, 0.29) is 6.04 Å². The Balaban J connectivity index is 2.95. The van der Waals surface area contributed by atoms with Gasteiger partial charge in [0.25, 0.3) is 0 Å². The Morgan fingerprint density at radius 3 is 2.50 bits per heavy atom. The van der Waals surface area contributed by atoms with Gasteiger partial charge in [0, 0.05) is 10.0 Å². The van der Waals surface area contributed by atoms with Crippen LogP contribution in [0.4, 0.5) is 0 Å². The van der Waals surface area contributed by atoms with Crippen molar-refractivity contribution in [1.29, 1.82) is 0 Å². The molecule has 1 atom stereocenters. The summed E-state index contributed by atoms with van der Waals surface area (Å²) in [4.78, 5) is 23.1. The molecule has 0 heterocycles. The first-order valence-corrected chi connectivity index (χ1v) is 6.87. The molecule has 1 amide bonds. The zero-order valence-corrected chi connectivity index (χ0v) is 13.4. The Bertz CT molecular complexity index is 528. The number of rotatable bonds is 5. The molecule has 0 spiro atoms. The van der Waals surface area contributed by atoms with Crippen LogP contribution < -0.4 is 10.1 Å². The number of amides is 1. The molecule has 5 nitrogen and oxygen atoms in total. The van der Waals surface area contributed by atoms with E-state index in [1.807, 2.05) is 12.1 Å². The molecule has 0 aliphatic carbocycles. The highest BCUT2D eigenvalue weighted by atomic mass is 79.9. The van der Waals surface area contributed by atoms with Crippen molar-refractivity contribution in [2.45, 2.75) is 26.8 Å². The van der Waals surface area contributed by atoms with E-state index in [1.54, 1.807) is 20.1 Å². The average molecular weight is 344 g/mol. The summed E-state index contributed by atoms with van der Waals surface area (Å²) in [6.07, 6.45) is 0. The third-order valence-electron chi connectivity index (χ3n) is 3.11. The third kappa shape index (κ3) is 3.50. The maximum absolute atomic E-state index is 12.0. The first-order valence-electron chi connectivity index (χ1n) is 6.08. The van der Waals surface area contributed by atoms with Crippen molar-refractivity contribution in [2.24, 2.45) is 5.41 Å². The van der Waals surface area contributed by atoms with Crippen LogP contribution in [-0.4, -0.2) is 24.1 Å². The van der Waals surface area contributed by atoms with Gasteiger partial charge < -0.3 is 15.2 Å². The van der Waals surface area contributed by atoms with E-state index >= 15 is 0 Å². The van der Waals surface area contributed by atoms with Crippen molar-refractivity contribution < 1.29 is 19.4 Å². The zero-order chi connectivity index (χ0) is 15.5. The van der Waals surface area contributed by atoms with Gasteiger partial charge in [0.05, 0.1) is 13.2 Å². The van der Waals surface area contributed by atoms with Gasteiger partial charge in [-0.3, -0.25) is 9.59 Å². The van der Waals surface area contributed by atoms with Gasteiger partial charge in [-0.15, -0.1) is 0 Å². The Hall–Kier alpha value is -1.56. The van der Waals surface area contributed by atoms with Crippen molar-refractivity contribution in [3.05, 3.63) is 28.2 Å². The number of carbonyl (C=O) groups excluding carboxylic acids is 1. The van der Waals surface area contributed by atoms with Crippen LogP contribution in [-0.2, 0) is 9.59 Å². The second-order valence-electron chi connectivity index (χ2n) is 5.01. The minimum absolute atomic E-state index is 0.357. The smallest absolute Gasteiger partial charge is 0.318 e. The number of benzene rings is 1. The molecule has 1 aromatic rings. The van der Waals surface area contributed by atoms with Crippen molar-refractivity contribution in [3.63, 3.8) is 0 Å². The molecule has 0 bridgehead atoms. The van der Waals surface area contributed by atoms with Gasteiger partial charge in [0.2, 0.25) is 5.91 Å². The average Bonchev–Trinajstić information content (AvgIpc) is 2.37. The molecule has 110 valence electrons. The molecule has 1 rings (SSSR count). The molecule has 0 aliphatic rings. The second-order valence-corrected chi connectivity index (χ2v) is 5.93. The van der Waals surface area contributed by atoms with E-state index in [9.17, 15) is 9.59 Å². The highest BCUT2D eigenvalue weighted by Gasteiger charge is 2.36. The molecule has 2 N–H and O–H groups in total. The summed E-state index contributed by atoms with van der Waals surface area (Å²) in [5, 5.41) is 11.7. The molecule has 1 unspecified atom stereocenters. The highest BCUT2D eigenvalue weighted by Crippen LogP contribution is 2.29. The molecule has 1 aromatic carbocycles. The first kappa shape index (κ1) is 16.5. The van der Waals surface area contributed by atoms with Crippen LogP contribution in [0.1, 0.15) is 32.4 Å². The summed E-state index contributed by atoms with van der Waals surface area (Å²) in [5.41, 5.74) is -0.693. The van der Waals surface area contributed by atoms with Crippen LogP contribution in [0.2, 0.25) is 0 Å². The van der Waals surface area contributed by atoms with Gasteiger partial charge in [0.15, 0.2) is 0 Å². The van der Waals surface area contributed by atoms with E-state index in [2.05, 4.69) is 21.2 Å². The lowest BCUT2D eigenvalue weighted by Gasteiger charge is -2.23. The number of ether oxygens (including phenoxy) is 1. The summed E-state index contributed by atoms with van der Waals surface area (Å²) < 4.78 is 6.13. The number of carboxylic acid groups (broad SMARTS) is 1. The van der Waals surface area contributed by atoms with Crippen molar-refractivity contribution in [2.75, 3.05) is 7.11 Å². The fourth-order valence-corrected chi connectivity index (χ4v) is 1.93. The molecule has 0 saturated carbocycles. The van der Waals surface area contributed by atoms with Crippen LogP contribution in [0.5, 0.6) is 5.75 Å². The lowest BCUT2D eigenvalue weighted by Crippen LogP contribution is -2.43. The standard InChI is InChI=1S/C14H18BrNO4/c1-8(16-12(17)14(2,3)13(18)19)10-6-5-9(15)7-11(10)20-4/h5-8H,1-4H3,(H,16,17)(H,18,19). The molecule has 20 heavy (non-hydrogen) atoms. The number of carboxylic acids is 1. The zero-order valence-electron chi connectivity index (χ0n) is 11.9. The summed E-state index contributed by atoms with van der Waals surface area (Å²) in [6, 6.07) is 5.09. The molecule has 0 aromatic heterocycles. The number of hydrogen-bond acceptors (Lipinski definition) is 3. The van der Waals surface area contributed by atoms with Crippen LogP contribution >= 0.6 is 15.9 Å². The Labute approximate surface area is 126 Å². The number of nitrogens with one attached hydrogen (secondary N) is 1. The van der Waals surface area contributed by atoms with Gasteiger partial charge >= 0.3 is 5.97 Å². The summed E-state index contributed by atoms with van der Waals surface area (Å²) in [5.74, 6) is -1.08. The Morgan fingerprint density at radius 1 is 1.40 bits per heavy atom. The molecule has 6 heteroatoms. The van der Waals surface area contributed by atoms with Gasteiger partial charge in [-0.05, 0) is 32.9 Å². The molecule has 0 saturated heterocycles. The molecule has 0 radical (unpaired) electrons. The van der Waals surface area contributed by atoms with Crippen molar-refractivity contribution in [3.8, 4) is 5.75 Å². The predicted molar refractivity (Wildman–Crippen MR) is 78.7 cm³/mol. The van der Waals surface area contributed by atoms with E-state index in [0.717, 1.165) is 10.0 Å². The minimum atomic E-state index is -1.48. The number of aliphatic carboxylic acids is 1. The lowest BCUT2D eigenvalue weighted by atomic mass is 9.92. The molecular weight excluding hydrogens is 326 g/mol. The Morgan fingerprint density at radius 2 is 2.00 bits per heavy atom. The topological polar surface area (TPSA) is 75.6 Å². The molecular formula is C14H18BrNO4. The van der Waals surface area contributed by atoms with E-state index in [0.29, 0.717) is 5.75 Å². The van der Waals surface area contributed by atoms with Gasteiger partial charge in [-0.25, -0.2) is 0 Å². The first-order chi connectivity index (χ1) is 9.20. The number of methoxy groups -OCH3 is 1. The maximum Gasteiger partial charge on any atom is 0.318 e. The molecule has 0 aliphatic heterocycles. The van der Waals surface area contributed by atoms with Crippen molar-refractivity contribution >= 4 is 27.8 Å². The number of carbonyl (C=O) groups is 2. The summed E-state index contributed by atoms with van der Waals surface area (Å²) in [7, 11) is 1.54. The Kier molecular flexibility index (Phi) is 5.16. The van der Waals surface area contributed by atoms with Crippen LogP contribution in [0.15, 0.2) is 22.7 Å². The SMILES string of the molecule is COc1cc(Br)ccc1C(C)NC(=O)C(C)(C)C(=O)O. The predicted octanol–water partition coefficient (Wildman–Crippen LogP) is 2.75. The van der Waals surface area contributed by atoms with Gasteiger partial charge in [0.1, 0.15) is 11.2 Å². The second kappa shape index (κ2) is 6.26. The van der Waals surface area contributed by atoms with E-state index < -0.39 is 17.3 Å². The highest BCUT2D eigenvalue weighted by molar-refractivity contribution is 9.10. The normalized spacial score (nSPS) is 12.7. The van der Waals surface area contributed by atoms with Crippen LogP contribution in [0.25, 0.3) is 0 Å². The fraction of sp³-hybridized carbons (Fsp3) is 0.429.